The molecule has 1 heterocycles. The van der Waals surface area contributed by atoms with Crippen LogP contribution in [0.15, 0.2) is 24.0 Å². The Bertz CT molecular complexity index is 379. The van der Waals surface area contributed by atoms with E-state index in [4.69, 9.17) is 5.73 Å². The number of nitrogen functional groups attached to an aromatic ring is 1. The van der Waals surface area contributed by atoms with Crippen LogP contribution < -0.4 is 11.1 Å². The maximum absolute atomic E-state index is 5.99. The van der Waals surface area contributed by atoms with E-state index in [1.165, 1.54) is 18.1 Å². The molecule has 0 fully saturated rings. The predicted molar refractivity (Wildman–Crippen MR) is 75.3 cm³/mol. The summed E-state index contributed by atoms with van der Waals surface area (Å²) in [7, 11) is 0. The van der Waals surface area contributed by atoms with Crippen LogP contribution in [0.5, 0.6) is 0 Å². The molecular weight excluding hydrogens is 232 g/mol. The lowest BCUT2D eigenvalue weighted by Gasteiger charge is -2.18. The van der Waals surface area contributed by atoms with E-state index in [1.807, 2.05) is 12.3 Å². The molecule has 4 nitrogen and oxygen atoms in total. The molecule has 0 aliphatic rings. The lowest BCUT2D eigenvalue weighted by atomic mass is 10.0. The van der Waals surface area contributed by atoms with Crippen molar-refractivity contribution < 1.29 is 0 Å². The van der Waals surface area contributed by atoms with Crippen LogP contribution in [0.25, 0.3) is 0 Å². The summed E-state index contributed by atoms with van der Waals surface area (Å²) in [6, 6.07) is 0.182. The molecule has 1 aromatic rings. The second-order valence-corrected chi connectivity index (χ2v) is 5.06. The minimum Gasteiger partial charge on any atom is -0.394 e. The molecule has 17 heavy (non-hydrogen) atoms. The normalized spacial score (nSPS) is 12.5. The number of nitrogens with zero attached hydrogens (tertiary/aromatic N) is 2. The molecule has 5 heteroatoms. The molecule has 0 spiro atoms. The third kappa shape index (κ3) is 3.93. The maximum Gasteiger partial charge on any atom is 0.154 e. The van der Waals surface area contributed by atoms with Crippen molar-refractivity contribution >= 4 is 23.3 Å². The van der Waals surface area contributed by atoms with E-state index >= 15 is 0 Å². The molecule has 1 aromatic heterocycles. The lowest BCUT2D eigenvalue weighted by Crippen LogP contribution is -2.20. The number of aromatic nitrogens is 2. The summed E-state index contributed by atoms with van der Waals surface area (Å²) in [6.45, 7) is 8.18. The fourth-order valence-corrected chi connectivity index (χ4v) is 2.02. The van der Waals surface area contributed by atoms with Crippen LogP contribution in [0, 0.1) is 5.92 Å². The van der Waals surface area contributed by atoms with E-state index in [9.17, 15) is 0 Å². The Balaban J connectivity index is 2.82. The first-order valence-electron chi connectivity index (χ1n) is 5.62. The highest BCUT2D eigenvalue weighted by Gasteiger charge is 2.12. The van der Waals surface area contributed by atoms with Gasteiger partial charge in [-0.3, -0.25) is 0 Å². The number of nitrogens with two attached hydrogens (primary N) is 1. The highest BCUT2D eigenvalue weighted by Crippen LogP contribution is 2.26. The summed E-state index contributed by atoms with van der Waals surface area (Å²) >= 11 is 1.52. The van der Waals surface area contributed by atoms with Crippen molar-refractivity contribution in [1.29, 1.82) is 0 Å². The van der Waals surface area contributed by atoms with Gasteiger partial charge in [-0.2, -0.15) is 0 Å². The van der Waals surface area contributed by atoms with Gasteiger partial charge >= 0.3 is 0 Å². The van der Waals surface area contributed by atoms with E-state index in [2.05, 4.69) is 35.7 Å². The van der Waals surface area contributed by atoms with Crippen LogP contribution in [0.1, 0.15) is 20.3 Å². The molecule has 0 radical (unpaired) electrons. The second-order valence-electron chi connectivity index (χ2n) is 4.26. The van der Waals surface area contributed by atoms with E-state index in [0.717, 1.165) is 11.4 Å². The van der Waals surface area contributed by atoms with Gasteiger partial charge in [0.2, 0.25) is 0 Å². The van der Waals surface area contributed by atoms with Gasteiger partial charge < -0.3 is 11.1 Å². The smallest absolute Gasteiger partial charge is 0.154 e. The summed E-state index contributed by atoms with van der Waals surface area (Å²) in [4.78, 5) is 8.29. The summed E-state index contributed by atoms with van der Waals surface area (Å²) in [5.41, 5.74) is 6.59. The van der Waals surface area contributed by atoms with Crippen LogP contribution in [0.4, 0.5) is 11.5 Å². The van der Waals surface area contributed by atoms with Crippen LogP contribution in [-0.4, -0.2) is 22.3 Å². The molecule has 0 aromatic carbocycles. The number of nitrogens with one attached hydrogen (secondary N) is 1. The average Bonchev–Trinajstić information content (AvgIpc) is 2.30. The van der Waals surface area contributed by atoms with Gasteiger partial charge in [0.1, 0.15) is 17.0 Å². The van der Waals surface area contributed by atoms with Crippen molar-refractivity contribution in [3.8, 4) is 0 Å². The molecule has 0 saturated carbocycles. The first-order chi connectivity index (χ1) is 8.08. The topological polar surface area (TPSA) is 63.8 Å². The van der Waals surface area contributed by atoms with Crippen molar-refractivity contribution in [3.63, 3.8) is 0 Å². The van der Waals surface area contributed by atoms with Crippen LogP contribution in [0.2, 0.25) is 0 Å². The zero-order chi connectivity index (χ0) is 12.8. The first kappa shape index (κ1) is 13.8. The average molecular weight is 252 g/mol. The number of hydrogen-bond acceptors (Lipinski definition) is 5. The molecule has 1 unspecified atom stereocenters. The van der Waals surface area contributed by atoms with E-state index < -0.39 is 0 Å². The highest BCUT2D eigenvalue weighted by atomic mass is 32.2. The SMILES string of the molecule is C=CC(CC(C)C)Nc1ncnc(SC)c1N. The van der Waals surface area contributed by atoms with Crippen molar-refractivity contribution in [2.75, 3.05) is 17.3 Å². The Kier molecular flexibility index (Phi) is 5.28. The lowest BCUT2D eigenvalue weighted by molar-refractivity contribution is 0.563. The standard InChI is InChI=1S/C12H20N4S/c1-5-9(6-8(2)3)16-11-10(13)12(17-4)15-7-14-11/h5,7-9H,1,6,13H2,2-4H3,(H,14,15,16). The Morgan fingerprint density at radius 2 is 2.24 bits per heavy atom. The van der Waals surface area contributed by atoms with Gasteiger partial charge in [0.25, 0.3) is 0 Å². The molecule has 0 saturated heterocycles. The predicted octanol–water partition coefficient (Wildman–Crippen LogP) is 2.79. The molecule has 0 aliphatic heterocycles. The molecule has 0 bridgehead atoms. The Morgan fingerprint density at radius 3 is 2.76 bits per heavy atom. The molecule has 94 valence electrons. The zero-order valence-corrected chi connectivity index (χ0v) is 11.4. The molecule has 3 N–H and O–H groups in total. The van der Waals surface area contributed by atoms with E-state index in [0.29, 0.717) is 17.4 Å². The van der Waals surface area contributed by atoms with Crippen molar-refractivity contribution in [1.82, 2.24) is 9.97 Å². The van der Waals surface area contributed by atoms with Gasteiger partial charge in [-0.05, 0) is 18.6 Å². The number of hydrogen-bond donors (Lipinski definition) is 2. The minimum atomic E-state index is 0.182. The van der Waals surface area contributed by atoms with Crippen LogP contribution in [0.3, 0.4) is 0 Å². The number of rotatable bonds is 6. The second kappa shape index (κ2) is 6.49. The minimum absolute atomic E-state index is 0.182. The summed E-state index contributed by atoms with van der Waals surface area (Å²) < 4.78 is 0. The first-order valence-corrected chi connectivity index (χ1v) is 6.84. The molecule has 1 atom stereocenters. The van der Waals surface area contributed by atoms with Gasteiger partial charge in [-0.25, -0.2) is 9.97 Å². The van der Waals surface area contributed by atoms with Gasteiger partial charge in [0.05, 0.1) is 0 Å². The highest BCUT2D eigenvalue weighted by molar-refractivity contribution is 7.98. The van der Waals surface area contributed by atoms with Crippen molar-refractivity contribution in [2.45, 2.75) is 31.3 Å². The molecule has 0 amide bonds. The van der Waals surface area contributed by atoms with Crippen LogP contribution >= 0.6 is 11.8 Å². The fourth-order valence-electron chi connectivity index (χ4n) is 1.55. The largest absolute Gasteiger partial charge is 0.394 e. The van der Waals surface area contributed by atoms with Crippen molar-refractivity contribution in [3.05, 3.63) is 19.0 Å². The Hall–Kier alpha value is -1.23. The number of anilines is 2. The maximum atomic E-state index is 5.99. The molecule has 1 rings (SSSR count). The molecular formula is C12H20N4S. The monoisotopic (exact) mass is 252 g/mol. The Morgan fingerprint density at radius 1 is 1.53 bits per heavy atom. The van der Waals surface area contributed by atoms with Gasteiger partial charge in [-0.15, -0.1) is 18.3 Å². The summed E-state index contributed by atoms with van der Waals surface area (Å²) in [6.07, 6.45) is 6.36. The van der Waals surface area contributed by atoms with Crippen molar-refractivity contribution in [2.24, 2.45) is 5.92 Å². The molecule has 0 aliphatic carbocycles. The van der Waals surface area contributed by atoms with E-state index in [1.54, 1.807) is 0 Å². The Labute approximate surface area is 107 Å². The third-order valence-corrected chi connectivity index (χ3v) is 3.08. The van der Waals surface area contributed by atoms with E-state index in [-0.39, 0.29) is 6.04 Å². The number of thioether (sulfide) groups is 1. The summed E-state index contributed by atoms with van der Waals surface area (Å²) in [5, 5.41) is 4.10. The summed E-state index contributed by atoms with van der Waals surface area (Å²) in [5.74, 6) is 1.28. The zero-order valence-electron chi connectivity index (χ0n) is 10.6. The fraction of sp³-hybridized carbons (Fsp3) is 0.500. The van der Waals surface area contributed by atoms with Crippen LogP contribution in [-0.2, 0) is 0 Å². The third-order valence-electron chi connectivity index (χ3n) is 2.37. The van der Waals surface area contributed by atoms with Gasteiger partial charge in [-0.1, -0.05) is 19.9 Å². The quantitative estimate of drug-likeness (QED) is 0.463. The van der Waals surface area contributed by atoms with Gasteiger partial charge in [0, 0.05) is 6.04 Å². The van der Waals surface area contributed by atoms with Gasteiger partial charge in [0.15, 0.2) is 5.82 Å².